The maximum Gasteiger partial charge on any atom is 0.472 e. The normalized spacial score (nSPS) is 15.1. The lowest BCUT2D eigenvalue weighted by Crippen LogP contribution is -2.29. The number of hydrogen-bond acceptors (Lipinski definition) is 9. The molecule has 0 amide bonds. The smallest absolute Gasteiger partial charge is 0.462 e. The summed E-state index contributed by atoms with van der Waals surface area (Å²) in [6, 6.07) is 0. The predicted molar refractivity (Wildman–Crippen MR) is 248 cm³/mol. The summed E-state index contributed by atoms with van der Waals surface area (Å²) in [5, 5.41) is 9.84. The van der Waals surface area contributed by atoms with E-state index in [9.17, 15) is 24.2 Å². The number of carbonyl (C=O) groups is 2. The second-order valence-corrected chi connectivity index (χ2v) is 15.1. The Morgan fingerprint density at radius 1 is 0.600 bits per heavy atom. The summed E-state index contributed by atoms with van der Waals surface area (Å²) in [4.78, 5) is 34.8. The molecule has 0 spiro atoms. The van der Waals surface area contributed by atoms with E-state index in [1.165, 1.54) is 25.7 Å². The molecular formula is C49H76NO9P. The van der Waals surface area contributed by atoms with E-state index >= 15 is 0 Å². The van der Waals surface area contributed by atoms with Gasteiger partial charge in [0, 0.05) is 19.4 Å². The van der Waals surface area contributed by atoms with Gasteiger partial charge in [0.2, 0.25) is 0 Å². The van der Waals surface area contributed by atoms with E-state index in [0.717, 1.165) is 44.9 Å². The monoisotopic (exact) mass is 854 g/mol. The summed E-state index contributed by atoms with van der Waals surface area (Å²) in [7, 11) is -4.43. The van der Waals surface area contributed by atoms with Crippen LogP contribution in [-0.4, -0.2) is 60.5 Å². The van der Waals surface area contributed by atoms with Crippen LogP contribution < -0.4 is 5.73 Å². The molecule has 0 bridgehead atoms. The zero-order valence-corrected chi connectivity index (χ0v) is 37.4. The van der Waals surface area contributed by atoms with Gasteiger partial charge in [-0.3, -0.25) is 18.6 Å². The van der Waals surface area contributed by atoms with Gasteiger partial charge >= 0.3 is 19.8 Å². The van der Waals surface area contributed by atoms with Crippen LogP contribution in [0.4, 0.5) is 0 Å². The van der Waals surface area contributed by atoms with Gasteiger partial charge in [-0.2, -0.15) is 0 Å². The Morgan fingerprint density at radius 2 is 1.10 bits per heavy atom. The van der Waals surface area contributed by atoms with Crippen molar-refractivity contribution in [2.45, 2.75) is 135 Å². The van der Waals surface area contributed by atoms with Gasteiger partial charge in [-0.05, 0) is 83.5 Å². The highest BCUT2D eigenvalue weighted by molar-refractivity contribution is 7.47. The van der Waals surface area contributed by atoms with Crippen LogP contribution in [-0.2, 0) is 32.7 Å². The third-order valence-electron chi connectivity index (χ3n) is 8.13. The molecule has 0 heterocycles. The van der Waals surface area contributed by atoms with Gasteiger partial charge in [0.15, 0.2) is 6.10 Å². The molecule has 0 rings (SSSR count). The number of phosphoric acid groups is 1. The van der Waals surface area contributed by atoms with Crippen LogP contribution >= 0.6 is 7.82 Å². The van der Waals surface area contributed by atoms with Gasteiger partial charge < -0.3 is 25.2 Å². The molecule has 60 heavy (non-hydrogen) atoms. The van der Waals surface area contributed by atoms with Crippen LogP contribution in [0.1, 0.15) is 123 Å². The molecule has 0 radical (unpaired) electrons. The topological polar surface area (TPSA) is 155 Å². The van der Waals surface area contributed by atoms with Crippen molar-refractivity contribution in [2.75, 3.05) is 26.4 Å². The first-order valence-electron chi connectivity index (χ1n) is 21.8. The van der Waals surface area contributed by atoms with Crippen LogP contribution in [0, 0.1) is 0 Å². The van der Waals surface area contributed by atoms with Crippen molar-refractivity contribution in [2.24, 2.45) is 5.73 Å². The Morgan fingerprint density at radius 3 is 1.62 bits per heavy atom. The largest absolute Gasteiger partial charge is 0.472 e. The zero-order chi connectivity index (χ0) is 44.0. The number of ether oxygens (including phenoxy) is 2. The minimum absolute atomic E-state index is 0.0178. The first-order chi connectivity index (χ1) is 29.2. The maximum absolute atomic E-state index is 12.6. The SMILES string of the molecule is CC/C=C\CC(O)/C=C/C=C/C/C=C\C/C=C\C/C=C\CCC(=O)O[C@H](COC(=O)CC/C=C\C/C=C\C/C=C\C/C=C\C/C=C\CCCCC)COP(=O)(O)OCCN. The average Bonchev–Trinajstić information content (AvgIpc) is 3.23. The highest BCUT2D eigenvalue weighted by atomic mass is 31.2. The molecule has 0 aromatic carbocycles. The van der Waals surface area contributed by atoms with Crippen molar-refractivity contribution in [1.29, 1.82) is 0 Å². The third kappa shape index (κ3) is 42.2. The van der Waals surface area contributed by atoms with Crippen LogP contribution in [0.2, 0.25) is 0 Å². The number of carbonyl (C=O) groups excluding carboxylic acids is 2. The van der Waals surface area contributed by atoms with E-state index < -0.39 is 38.6 Å². The highest BCUT2D eigenvalue weighted by Gasteiger charge is 2.25. The fourth-order valence-corrected chi connectivity index (χ4v) is 5.67. The van der Waals surface area contributed by atoms with Gasteiger partial charge in [0.25, 0.3) is 0 Å². The molecule has 336 valence electrons. The van der Waals surface area contributed by atoms with E-state index in [-0.39, 0.29) is 32.6 Å². The summed E-state index contributed by atoms with van der Waals surface area (Å²) in [5.74, 6) is -1.06. The Labute approximate surface area is 362 Å². The molecule has 0 saturated heterocycles. The maximum atomic E-state index is 12.6. The van der Waals surface area contributed by atoms with Gasteiger partial charge in [-0.1, -0.05) is 160 Å². The van der Waals surface area contributed by atoms with E-state index in [4.69, 9.17) is 24.3 Å². The number of hydrogen-bond donors (Lipinski definition) is 3. The molecule has 2 unspecified atom stereocenters. The van der Waals surface area contributed by atoms with Crippen molar-refractivity contribution in [3.8, 4) is 0 Å². The average molecular weight is 854 g/mol. The Bertz CT molecular complexity index is 1450. The number of phosphoric ester groups is 1. The van der Waals surface area contributed by atoms with Gasteiger partial charge in [0.1, 0.15) is 6.61 Å². The molecule has 0 aliphatic carbocycles. The number of aliphatic hydroxyl groups is 1. The minimum atomic E-state index is -4.43. The molecule has 0 aliphatic rings. The van der Waals surface area contributed by atoms with Crippen LogP contribution in [0.5, 0.6) is 0 Å². The molecular weight excluding hydrogens is 778 g/mol. The molecule has 10 nitrogen and oxygen atoms in total. The second-order valence-electron chi connectivity index (χ2n) is 13.7. The fraction of sp³-hybridized carbons (Fsp3) is 0.510. The van der Waals surface area contributed by atoms with Crippen molar-refractivity contribution in [3.05, 3.63) is 134 Å². The van der Waals surface area contributed by atoms with Crippen molar-refractivity contribution in [1.82, 2.24) is 0 Å². The lowest BCUT2D eigenvalue weighted by molar-refractivity contribution is -0.161. The van der Waals surface area contributed by atoms with Crippen LogP contribution in [0.3, 0.4) is 0 Å². The molecule has 3 atom stereocenters. The fourth-order valence-electron chi connectivity index (χ4n) is 4.90. The predicted octanol–water partition coefficient (Wildman–Crippen LogP) is 11.7. The van der Waals surface area contributed by atoms with E-state index in [0.29, 0.717) is 25.7 Å². The van der Waals surface area contributed by atoms with Gasteiger partial charge in [0.05, 0.1) is 19.3 Å². The summed E-state index contributed by atoms with van der Waals surface area (Å²) >= 11 is 0. The zero-order valence-electron chi connectivity index (χ0n) is 36.5. The number of allylic oxidation sites excluding steroid dienone is 20. The van der Waals surface area contributed by atoms with E-state index in [2.05, 4.69) is 80.7 Å². The molecule has 0 aromatic heterocycles. The number of rotatable bonds is 38. The standard InChI is InChI=1S/C49H76NO9P/c1-3-5-7-8-9-10-11-12-13-14-15-16-17-20-23-26-29-32-36-40-48(52)56-44-47(45-58-60(54,55)57-43-42-50)59-49(53)41-37-33-30-27-24-21-18-19-22-25-28-31-35-39-46(51)38-34-6-4-2/h6,9-10,12-13,15-16,19-24,28-35,39,46-47,51H,3-5,7-8,11,14,17-18,25-27,36-38,40-45,50H2,1-2H3,(H,54,55)/b10-9-,13-12-,16-15-,22-19-,23-20-,24-21-,31-28+,32-29-,33-30-,34-6-,39-35+/t46?,47-/m1/s1. The Kier molecular flexibility index (Phi) is 40.4. The Hall–Kier alpha value is -3.89. The van der Waals surface area contributed by atoms with Crippen LogP contribution in [0.15, 0.2) is 134 Å². The molecule has 0 saturated carbocycles. The second kappa shape index (κ2) is 43.2. The van der Waals surface area contributed by atoms with E-state index in [1.807, 2.05) is 60.8 Å². The molecule has 0 aromatic rings. The first kappa shape index (κ1) is 56.1. The minimum Gasteiger partial charge on any atom is -0.462 e. The molecule has 0 fully saturated rings. The summed E-state index contributed by atoms with van der Waals surface area (Å²) < 4.78 is 32.6. The summed E-state index contributed by atoms with van der Waals surface area (Å²) in [6.45, 7) is 3.27. The van der Waals surface area contributed by atoms with Crippen molar-refractivity contribution < 1.29 is 42.7 Å². The molecule has 11 heteroatoms. The Balaban J connectivity index is 4.47. The number of nitrogens with two attached hydrogens (primary N) is 1. The van der Waals surface area contributed by atoms with Gasteiger partial charge in [-0.25, -0.2) is 4.57 Å². The third-order valence-corrected chi connectivity index (χ3v) is 9.11. The lowest BCUT2D eigenvalue weighted by Gasteiger charge is -2.19. The number of esters is 2. The number of unbranched alkanes of at least 4 members (excludes halogenated alkanes) is 3. The first-order valence-corrected chi connectivity index (χ1v) is 23.3. The van der Waals surface area contributed by atoms with Crippen molar-refractivity contribution >= 4 is 19.8 Å². The van der Waals surface area contributed by atoms with E-state index in [1.54, 1.807) is 6.08 Å². The highest BCUT2D eigenvalue weighted by Crippen LogP contribution is 2.43. The summed E-state index contributed by atoms with van der Waals surface area (Å²) in [5.41, 5.74) is 5.33. The van der Waals surface area contributed by atoms with Gasteiger partial charge in [-0.15, -0.1) is 0 Å². The lowest BCUT2D eigenvalue weighted by atomic mass is 10.2. The quantitative estimate of drug-likeness (QED) is 0.0180. The van der Waals surface area contributed by atoms with Crippen molar-refractivity contribution in [3.63, 3.8) is 0 Å². The molecule has 4 N–H and O–H groups in total. The molecule has 0 aliphatic heterocycles. The number of aliphatic hydroxyl groups excluding tert-OH is 1. The van der Waals surface area contributed by atoms with Crippen LogP contribution in [0.25, 0.3) is 0 Å². The summed E-state index contributed by atoms with van der Waals surface area (Å²) in [6.07, 6.45) is 57.0.